The van der Waals surface area contributed by atoms with Crippen molar-refractivity contribution in [3.05, 3.63) is 65.7 Å². The third-order valence-electron chi connectivity index (χ3n) is 3.13. The van der Waals surface area contributed by atoms with Crippen molar-refractivity contribution < 1.29 is 9.90 Å². The zero-order valence-electron chi connectivity index (χ0n) is 12.0. The van der Waals surface area contributed by atoms with E-state index in [2.05, 4.69) is 12.1 Å². The van der Waals surface area contributed by atoms with Gasteiger partial charge in [-0.2, -0.15) is 0 Å². The van der Waals surface area contributed by atoms with Gasteiger partial charge in [0.25, 0.3) is 5.91 Å². The highest BCUT2D eigenvalue weighted by Crippen LogP contribution is 2.22. The minimum atomic E-state index is -0.0636. The van der Waals surface area contributed by atoms with Gasteiger partial charge in [-0.25, -0.2) is 0 Å². The maximum absolute atomic E-state index is 12.0. The smallest absolute Gasteiger partial charge is 0.253 e. The zero-order chi connectivity index (χ0) is 15.1. The lowest BCUT2D eigenvalue weighted by Crippen LogP contribution is -2.29. The van der Waals surface area contributed by atoms with Crippen molar-refractivity contribution in [1.82, 2.24) is 4.90 Å². The van der Waals surface area contributed by atoms with Crippen LogP contribution < -0.4 is 0 Å². The van der Waals surface area contributed by atoms with Gasteiger partial charge >= 0.3 is 0 Å². The molecule has 0 bridgehead atoms. The zero-order valence-corrected chi connectivity index (χ0v) is 12.8. The van der Waals surface area contributed by atoms with E-state index < -0.39 is 0 Å². The molecule has 0 saturated carbocycles. The number of rotatable bonds is 6. The number of nitrogens with zero attached hydrogens (tertiary/aromatic N) is 1. The number of carbonyl (C=O) groups is 1. The summed E-state index contributed by atoms with van der Waals surface area (Å²) in [6, 6.07) is 17.9. The Morgan fingerprint density at radius 2 is 1.76 bits per heavy atom. The van der Waals surface area contributed by atoms with E-state index >= 15 is 0 Å². The monoisotopic (exact) mass is 301 g/mol. The average molecular weight is 301 g/mol. The van der Waals surface area contributed by atoms with Crippen LogP contribution in [-0.4, -0.2) is 36.1 Å². The molecular formula is C17H19NO2S. The van der Waals surface area contributed by atoms with Gasteiger partial charge in [-0.05, 0) is 29.8 Å². The first-order valence-corrected chi connectivity index (χ1v) is 7.82. The van der Waals surface area contributed by atoms with Gasteiger partial charge in [0.1, 0.15) is 0 Å². The molecule has 0 heterocycles. The molecule has 2 aromatic carbocycles. The van der Waals surface area contributed by atoms with Gasteiger partial charge in [0.15, 0.2) is 0 Å². The van der Waals surface area contributed by atoms with Crippen molar-refractivity contribution in [2.75, 3.05) is 20.2 Å². The number of amides is 1. The third kappa shape index (κ3) is 4.62. The molecule has 0 spiro atoms. The number of aliphatic hydroxyl groups excluding tert-OH is 1. The van der Waals surface area contributed by atoms with Crippen molar-refractivity contribution in [3.8, 4) is 0 Å². The van der Waals surface area contributed by atoms with Gasteiger partial charge in [0.2, 0.25) is 0 Å². The number of carbonyl (C=O) groups excluding carboxylic acids is 1. The summed E-state index contributed by atoms with van der Waals surface area (Å²) in [6.07, 6.45) is 0. The Morgan fingerprint density at radius 3 is 2.38 bits per heavy atom. The summed E-state index contributed by atoms with van der Waals surface area (Å²) in [5, 5.41) is 8.86. The van der Waals surface area contributed by atoms with E-state index in [4.69, 9.17) is 5.11 Å². The van der Waals surface area contributed by atoms with E-state index in [1.54, 1.807) is 18.8 Å². The van der Waals surface area contributed by atoms with Crippen LogP contribution in [0.4, 0.5) is 0 Å². The molecule has 1 N–H and O–H groups in total. The van der Waals surface area contributed by atoms with Crippen LogP contribution in [0.3, 0.4) is 0 Å². The summed E-state index contributed by atoms with van der Waals surface area (Å²) < 4.78 is 0. The molecule has 4 heteroatoms. The number of likely N-dealkylation sites (N-methyl/N-ethyl adjacent to an activating group) is 1. The molecule has 0 saturated heterocycles. The summed E-state index contributed by atoms with van der Waals surface area (Å²) in [6.45, 7) is 0.332. The van der Waals surface area contributed by atoms with Crippen molar-refractivity contribution in [1.29, 1.82) is 0 Å². The molecule has 2 rings (SSSR count). The van der Waals surface area contributed by atoms with Crippen molar-refractivity contribution in [2.45, 2.75) is 10.6 Å². The Morgan fingerprint density at radius 1 is 1.10 bits per heavy atom. The molecule has 0 fully saturated rings. The molecule has 0 unspecified atom stereocenters. The second-order valence-electron chi connectivity index (χ2n) is 4.75. The SMILES string of the molecule is CN(CCO)C(=O)c1ccc(CSc2ccccc2)cc1. The molecule has 1 amide bonds. The standard InChI is InChI=1S/C17H19NO2S/c1-18(11-12-19)17(20)15-9-7-14(8-10-15)13-21-16-5-3-2-4-6-16/h2-10,19H,11-13H2,1H3. The first kappa shape index (κ1) is 15.6. The summed E-state index contributed by atoms with van der Waals surface area (Å²) in [4.78, 5) is 14.8. The Hall–Kier alpha value is -1.78. The molecule has 0 aromatic heterocycles. The molecule has 0 aliphatic heterocycles. The van der Waals surface area contributed by atoms with Crippen LogP contribution in [0.1, 0.15) is 15.9 Å². The maximum Gasteiger partial charge on any atom is 0.253 e. The summed E-state index contributed by atoms with van der Waals surface area (Å²) in [7, 11) is 1.69. The maximum atomic E-state index is 12.0. The Labute approximate surface area is 129 Å². The fraction of sp³-hybridized carbons (Fsp3) is 0.235. The topological polar surface area (TPSA) is 40.5 Å². The first-order chi connectivity index (χ1) is 10.2. The van der Waals surface area contributed by atoms with E-state index in [-0.39, 0.29) is 12.5 Å². The van der Waals surface area contributed by atoms with Crippen LogP contribution in [0.5, 0.6) is 0 Å². The van der Waals surface area contributed by atoms with Crippen molar-refractivity contribution in [2.24, 2.45) is 0 Å². The van der Waals surface area contributed by atoms with E-state index in [1.165, 1.54) is 15.4 Å². The van der Waals surface area contributed by atoms with Crippen LogP contribution in [0, 0.1) is 0 Å². The summed E-state index contributed by atoms with van der Waals surface area (Å²) in [5.74, 6) is 0.816. The molecular weight excluding hydrogens is 282 g/mol. The highest BCUT2D eigenvalue weighted by atomic mass is 32.2. The Balaban J connectivity index is 1.94. The van der Waals surface area contributed by atoms with E-state index in [9.17, 15) is 4.79 Å². The summed E-state index contributed by atoms with van der Waals surface area (Å²) in [5.41, 5.74) is 1.84. The molecule has 0 aliphatic carbocycles. The van der Waals surface area contributed by atoms with Gasteiger partial charge in [0.05, 0.1) is 6.61 Å². The van der Waals surface area contributed by atoms with Gasteiger partial charge in [0, 0.05) is 29.8 Å². The molecule has 0 atom stereocenters. The number of thioether (sulfide) groups is 1. The highest BCUT2D eigenvalue weighted by Gasteiger charge is 2.10. The second-order valence-corrected chi connectivity index (χ2v) is 5.80. The molecule has 110 valence electrons. The Bertz CT molecular complexity index is 569. The van der Waals surface area contributed by atoms with E-state index in [0.29, 0.717) is 12.1 Å². The molecule has 2 aromatic rings. The number of aliphatic hydroxyl groups is 1. The second kappa shape index (κ2) is 7.86. The van der Waals surface area contributed by atoms with Crippen LogP contribution >= 0.6 is 11.8 Å². The molecule has 21 heavy (non-hydrogen) atoms. The lowest BCUT2D eigenvalue weighted by Gasteiger charge is -2.15. The Kier molecular flexibility index (Phi) is 5.84. The van der Waals surface area contributed by atoms with Gasteiger partial charge in [-0.3, -0.25) is 4.79 Å². The third-order valence-corrected chi connectivity index (χ3v) is 4.21. The predicted octanol–water partition coefficient (Wildman–Crippen LogP) is 3.04. The minimum Gasteiger partial charge on any atom is -0.395 e. The lowest BCUT2D eigenvalue weighted by molar-refractivity contribution is 0.0767. The quantitative estimate of drug-likeness (QED) is 0.834. The van der Waals surface area contributed by atoms with Crippen LogP contribution in [-0.2, 0) is 5.75 Å². The van der Waals surface area contributed by atoms with Gasteiger partial charge in [-0.15, -0.1) is 11.8 Å². The lowest BCUT2D eigenvalue weighted by atomic mass is 10.1. The first-order valence-electron chi connectivity index (χ1n) is 6.84. The molecule has 3 nitrogen and oxygen atoms in total. The van der Waals surface area contributed by atoms with Crippen LogP contribution in [0.15, 0.2) is 59.5 Å². The summed E-state index contributed by atoms with van der Waals surface area (Å²) >= 11 is 1.77. The van der Waals surface area contributed by atoms with Gasteiger partial charge < -0.3 is 10.0 Å². The van der Waals surface area contributed by atoms with Crippen molar-refractivity contribution >= 4 is 17.7 Å². The fourth-order valence-corrected chi connectivity index (χ4v) is 2.77. The van der Waals surface area contributed by atoms with Crippen molar-refractivity contribution in [3.63, 3.8) is 0 Å². The number of benzene rings is 2. The normalized spacial score (nSPS) is 10.4. The number of hydrogen-bond donors (Lipinski definition) is 1. The minimum absolute atomic E-state index is 0.0198. The molecule has 0 aliphatic rings. The van der Waals surface area contributed by atoms with E-state index in [1.807, 2.05) is 42.5 Å². The largest absolute Gasteiger partial charge is 0.395 e. The highest BCUT2D eigenvalue weighted by molar-refractivity contribution is 7.98. The van der Waals surface area contributed by atoms with E-state index in [0.717, 1.165) is 5.75 Å². The average Bonchev–Trinajstić information content (AvgIpc) is 2.54. The van der Waals surface area contributed by atoms with Crippen LogP contribution in [0.2, 0.25) is 0 Å². The fourth-order valence-electron chi connectivity index (χ4n) is 1.90. The van der Waals surface area contributed by atoms with Crippen LogP contribution in [0.25, 0.3) is 0 Å². The number of hydrogen-bond acceptors (Lipinski definition) is 3. The molecule has 0 radical (unpaired) electrons. The predicted molar refractivity (Wildman–Crippen MR) is 86.5 cm³/mol. The van der Waals surface area contributed by atoms with Gasteiger partial charge in [-0.1, -0.05) is 30.3 Å².